The van der Waals surface area contributed by atoms with E-state index in [2.05, 4.69) is 41.5 Å². The van der Waals surface area contributed by atoms with E-state index in [0.29, 0.717) is 120 Å². The van der Waals surface area contributed by atoms with E-state index < -0.39 is 30.8 Å². The molecular formula is C54H66BN11O15. The third-order valence-electron chi connectivity index (χ3n) is 12.7. The fourth-order valence-corrected chi connectivity index (χ4v) is 8.40. The number of rotatable bonds is 32. The highest BCUT2D eigenvalue weighted by Crippen LogP contribution is 2.42. The minimum absolute atomic E-state index is 0.00344. The number of unbranched alkanes of at least 4 members (excludes halogenated alkanes) is 6. The number of hydrogen-bond donors (Lipinski definition) is 12. The Labute approximate surface area is 465 Å². The molecule has 0 radical (unpaired) electrons. The Bertz CT molecular complexity index is 3180. The number of anilines is 5. The first-order valence-electron chi connectivity index (χ1n) is 26.4. The Kier molecular flexibility index (Phi) is 23.2. The van der Waals surface area contributed by atoms with Crippen molar-refractivity contribution in [3.05, 3.63) is 94.6 Å². The van der Waals surface area contributed by atoms with E-state index in [1.807, 2.05) is 0 Å². The zero-order valence-corrected chi connectivity index (χ0v) is 44.6. The lowest BCUT2D eigenvalue weighted by Crippen LogP contribution is -2.31. The molecule has 3 aromatic carbocycles. The Morgan fingerprint density at radius 3 is 1.73 bits per heavy atom. The van der Waals surface area contributed by atoms with E-state index in [1.54, 1.807) is 36.4 Å². The molecule has 0 atom stereocenters. The van der Waals surface area contributed by atoms with Crippen molar-refractivity contribution in [2.75, 3.05) is 55.2 Å². The number of nitrogens with zero attached hydrogens (tertiary/aromatic N) is 6. The number of amides is 5. The van der Waals surface area contributed by atoms with Crippen LogP contribution in [0.1, 0.15) is 101 Å². The third kappa shape index (κ3) is 19.2. The van der Waals surface area contributed by atoms with Crippen LogP contribution in [0.5, 0.6) is 5.75 Å². The van der Waals surface area contributed by atoms with Gasteiger partial charge in [0.15, 0.2) is 5.43 Å². The molecular weight excluding hydrogens is 1050 g/mol. The smallest absolute Gasteiger partial charge is 0.488 e. The number of carboxylic acids is 1. The van der Waals surface area contributed by atoms with Crippen molar-refractivity contribution in [2.45, 2.75) is 90.4 Å². The van der Waals surface area contributed by atoms with E-state index in [-0.39, 0.29) is 114 Å². The molecule has 0 bridgehead atoms. The second-order valence-corrected chi connectivity index (χ2v) is 18.9. The van der Waals surface area contributed by atoms with Gasteiger partial charge in [0.1, 0.15) is 17.1 Å². The molecule has 6 rings (SSSR count). The van der Waals surface area contributed by atoms with Crippen LogP contribution in [0.2, 0.25) is 0 Å². The van der Waals surface area contributed by atoms with Gasteiger partial charge >= 0.3 is 13.1 Å². The lowest BCUT2D eigenvalue weighted by atomic mass is 9.80. The van der Waals surface area contributed by atoms with Crippen LogP contribution in [-0.2, 0) is 24.0 Å². The van der Waals surface area contributed by atoms with Gasteiger partial charge in [-0.1, -0.05) is 18.2 Å². The summed E-state index contributed by atoms with van der Waals surface area (Å²) >= 11 is 0. The summed E-state index contributed by atoms with van der Waals surface area (Å²) < 4.78 is 5.94. The molecule has 2 aliphatic rings. The van der Waals surface area contributed by atoms with Crippen LogP contribution in [0.15, 0.2) is 88.1 Å². The maximum Gasteiger partial charge on any atom is 0.488 e. The highest BCUT2D eigenvalue weighted by atomic mass is 16.5. The van der Waals surface area contributed by atoms with Crippen molar-refractivity contribution in [3.63, 3.8) is 0 Å². The fraction of sp³-hybridized carbons (Fsp3) is 0.370. The number of nitrogens with one attached hydrogen (secondary N) is 5. The van der Waals surface area contributed by atoms with Gasteiger partial charge < -0.3 is 51.3 Å². The first-order chi connectivity index (χ1) is 38.8. The summed E-state index contributed by atoms with van der Waals surface area (Å²) in [7, 11) is -1.74. The normalized spacial score (nSPS) is 11.0. The summed E-state index contributed by atoms with van der Waals surface area (Å²) in [6.07, 6.45) is 4.33. The number of carbonyl (C=O) groups excluding carboxylic acids is 5. The minimum Gasteiger partial charge on any atom is -0.508 e. The van der Waals surface area contributed by atoms with Crippen molar-refractivity contribution in [2.24, 2.45) is 0 Å². The number of hydroxylamine groups is 6. The number of carbonyl (C=O) groups is 6. The van der Waals surface area contributed by atoms with Crippen LogP contribution < -0.4 is 37.5 Å². The monoisotopic (exact) mass is 1120 g/mol. The van der Waals surface area contributed by atoms with Gasteiger partial charge in [0, 0.05) is 112 Å². The molecule has 5 amide bonds. The summed E-state index contributed by atoms with van der Waals surface area (Å²) in [5.74, 6) is -3.41. The molecule has 1 aliphatic carbocycles. The first kappa shape index (κ1) is 61.5. The van der Waals surface area contributed by atoms with Gasteiger partial charge in [-0.05, 0) is 117 Å². The largest absolute Gasteiger partial charge is 0.508 e. The predicted molar refractivity (Wildman–Crippen MR) is 297 cm³/mol. The number of phenols is 1. The lowest BCUT2D eigenvalue weighted by Gasteiger charge is -2.17. The van der Waals surface area contributed by atoms with Crippen molar-refractivity contribution >= 4 is 88.3 Å². The fourth-order valence-electron chi connectivity index (χ4n) is 8.40. The molecule has 27 heteroatoms. The van der Waals surface area contributed by atoms with Crippen LogP contribution in [-0.4, -0.2) is 148 Å². The number of aromatic nitrogens is 3. The SMILES string of the molecule is CC(=O)N(O)CCCCCNC(=O)CCC(=O)N(O)CCCCCNC(=O)CCC(=O)N(O)CCCCCNc1nc(Nc2cccc(B(O)O)c2)nc(Nc2ccc(-c3c4ccc(=O)cc-4oc4cc(O)ccc34)c(C(=O)O)c2)n1. The lowest BCUT2D eigenvalue weighted by molar-refractivity contribution is -0.166. The van der Waals surface area contributed by atoms with Crippen molar-refractivity contribution in [1.29, 1.82) is 0 Å². The van der Waals surface area contributed by atoms with Gasteiger partial charge in [0.05, 0.1) is 5.56 Å². The molecule has 0 saturated heterocycles. The topological polar surface area (TPSA) is 383 Å². The van der Waals surface area contributed by atoms with Crippen molar-refractivity contribution < 1.29 is 69.1 Å². The van der Waals surface area contributed by atoms with Crippen LogP contribution >= 0.6 is 0 Å². The summed E-state index contributed by atoms with van der Waals surface area (Å²) in [5, 5.41) is 86.9. The Hall–Kier alpha value is -8.76. The Morgan fingerprint density at radius 1 is 0.593 bits per heavy atom. The molecule has 1 aliphatic heterocycles. The highest BCUT2D eigenvalue weighted by Gasteiger charge is 2.23. The average Bonchev–Trinajstić information content (AvgIpc) is 3.61. The number of aromatic carboxylic acids is 1. The van der Waals surface area contributed by atoms with Gasteiger partial charge in [-0.2, -0.15) is 15.0 Å². The molecule has 4 aromatic rings. The molecule has 1 aromatic heterocycles. The molecule has 2 heterocycles. The van der Waals surface area contributed by atoms with Gasteiger partial charge in [-0.25, -0.2) is 20.0 Å². The zero-order chi connectivity index (χ0) is 58.4. The minimum atomic E-state index is -1.74. The molecule has 0 saturated carbocycles. The molecule has 430 valence electrons. The second-order valence-electron chi connectivity index (χ2n) is 18.9. The van der Waals surface area contributed by atoms with E-state index in [4.69, 9.17) is 4.42 Å². The summed E-state index contributed by atoms with van der Waals surface area (Å²) in [6, 6.07) is 19.4. The van der Waals surface area contributed by atoms with E-state index in [9.17, 15) is 69.4 Å². The number of benzene rings is 4. The van der Waals surface area contributed by atoms with E-state index in [1.165, 1.54) is 49.4 Å². The standard InChI is InChI=1S/C54H66BN11O15/c1-34(67)64(78)27-8-2-5-24-56-46(70)20-22-48(72)65(79)28-9-3-6-25-57-47(71)21-23-49(73)66(80)29-10-4-7-26-58-52-61-53(59-36-13-11-12-35(30-36)55(76)77)63-54(62-52)60-37-14-17-40(43(31-37)51(74)75)50-41-18-15-38(68)32-44(41)81-45-33-39(69)16-19-42(45)50/h11-19,30-33,68,76-80H,2-10,20-29H2,1H3,(H,56,70)(H,57,71)(H,74,75)(H3,58,59,60,61,62,63). The maximum absolute atomic E-state index is 12.9. The predicted octanol–water partition coefficient (Wildman–Crippen LogP) is 4.71. The molecule has 12 N–H and O–H groups in total. The van der Waals surface area contributed by atoms with Crippen LogP contribution in [0.25, 0.3) is 33.4 Å². The number of hydrogen-bond acceptors (Lipinski definition) is 20. The number of fused-ring (bicyclic) bond motifs is 2. The molecule has 26 nitrogen and oxygen atoms in total. The van der Waals surface area contributed by atoms with Crippen LogP contribution in [0.4, 0.5) is 29.2 Å². The first-order valence-corrected chi connectivity index (χ1v) is 26.4. The highest BCUT2D eigenvalue weighted by molar-refractivity contribution is 6.58. The molecule has 0 spiro atoms. The summed E-state index contributed by atoms with van der Waals surface area (Å²) in [4.78, 5) is 98.9. The van der Waals surface area contributed by atoms with Crippen LogP contribution in [0.3, 0.4) is 0 Å². The molecule has 81 heavy (non-hydrogen) atoms. The number of phenolic OH excluding ortho intramolecular Hbond substituents is 1. The average molecular weight is 1120 g/mol. The summed E-state index contributed by atoms with van der Waals surface area (Å²) in [6.45, 7) is 2.53. The van der Waals surface area contributed by atoms with Gasteiger partial charge in [-0.3, -0.25) is 44.4 Å². The van der Waals surface area contributed by atoms with Gasteiger partial charge in [-0.15, -0.1) is 0 Å². The number of carboxylic acid groups (broad SMARTS) is 1. The van der Waals surface area contributed by atoms with E-state index in [0.717, 1.165) is 0 Å². The van der Waals surface area contributed by atoms with E-state index >= 15 is 0 Å². The van der Waals surface area contributed by atoms with Crippen molar-refractivity contribution in [3.8, 4) is 28.2 Å². The number of aromatic hydroxyl groups is 1. The molecule has 0 unspecified atom stereocenters. The Balaban J connectivity index is 0.929. The van der Waals surface area contributed by atoms with Gasteiger partial charge in [0.2, 0.25) is 47.4 Å². The van der Waals surface area contributed by atoms with Gasteiger partial charge in [0.25, 0.3) is 0 Å². The quantitative estimate of drug-likeness (QED) is 0.00894. The maximum atomic E-state index is 12.9. The van der Waals surface area contributed by atoms with Crippen molar-refractivity contribution in [1.82, 2.24) is 40.8 Å². The third-order valence-corrected chi connectivity index (χ3v) is 12.7. The Morgan fingerprint density at radius 2 is 1.15 bits per heavy atom. The summed E-state index contributed by atoms with van der Waals surface area (Å²) in [5.41, 5.74) is 1.89. The van der Waals surface area contributed by atoms with Crippen LogP contribution in [0, 0.1) is 0 Å². The zero-order valence-electron chi connectivity index (χ0n) is 44.6. The molecule has 0 fully saturated rings. The second kappa shape index (κ2) is 30.6.